The Hall–Kier alpha value is -3.00. The van der Waals surface area contributed by atoms with Crippen LogP contribution in [0.4, 0.5) is 13.2 Å². The van der Waals surface area contributed by atoms with Gasteiger partial charge in [0, 0.05) is 17.5 Å². The van der Waals surface area contributed by atoms with Gasteiger partial charge in [0.1, 0.15) is 11.5 Å². The first-order chi connectivity index (χ1) is 13.7. The lowest BCUT2D eigenvalue weighted by Gasteiger charge is -2.21. The molecule has 0 saturated carbocycles. The average molecular weight is 407 g/mol. The molecule has 0 bridgehead atoms. The van der Waals surface area contributed by atoms with E-state index in [0.717, 1.165) is 11.6 Å². The Morgan fingerprint density at radius 3 is 2.66 bits per heavy atom. The fraction of sp³-hybridized carbons (Fsp3) is 0.286. The van der Waals surface area contributed by atoms with E-state index < -0.39 is 12.4 Å². The minimum atomic E-state index is -4.76. The molecule has 2 N–H and O–H groups in total. The highest BCUT2D eigenvalue weighted by atomic mass is 19.4. The SMILES string of the molecule is C=CC(=O)NC(C)c1cc(-c2ccc(OC(F)(F)F)cc2)c2c(c1CO)CCO2. The number of nitrogens with one attached hydrogen (secondary N) is 1. The van der Waals surface area contributed by atoms with Gasteiger partial charge in [-0.2, -0.15) is 0 Å². The van der Waals surface area contributed by atoms with Crippen LogP contribution in [0, 0.1) is 0 Å². The molecule has 8 heteroatoms. The summed E-state index contributed by atoms with van der Waals surface area (Å²) in [5.41, 5.74) is 3.51. The minimum Gasteiger partial charge on any atom is -0.492 e. The van der Waals surface area contributed by atoms with E-state index in [2.05, 4.69) is 16.6 Å². The van der Waals surface area contributed by atoms with Crippen molar-refractivity contribution in [3.05, 3.63) is 59.7 Å². The fourth-order valence-corrected chi connectivity index (χ4v) is 3.44. The number of fused-ring (bicyclic) bond motifs is 1. The number of rotatable bonds is 6. The number of ether oxygens (including phenoxy) is 2. The van der Waals surface area contributed by atoms with Gasteiger partial charge in [-0.05, 0) is 47.9 Å². The normalized spacial score (nSPS) is 14.0. The zero-order valence-electron chi connectivity index (χ0n) is 15.7. The third-order valence-corrected chi connectivity index (χ3v) is 4.70. The van der Waals surface area contributed by atoms with E-state index in [1.807, 2.05) is 0 Å². The zero-order valence-corrected chi connectivity index (χ0v) is 15.7. The van der Waals surface area contributed by atoms with Gasteiger partial charge in [-0.1, -0.05) is 18.7 Å². The molecular formula is C21H20F3NO4. The van der Waals surface area contributed by atoms with Gasteiger partial charge in [0.15, 0.2) is 0 Å². The Labute approximate surface area is 165 Å². The van der Waals surface area contributed by atoms with E-state index in [1.165, 1.54) is 24.3 Å². The standard InChI is InChI=1S/C21H20F3NO4/c1-3-19(27)25-12(2)16-10-17(20-15(8-9-28-20)18(16)11-26)13-4-6-14(7-5-13)29-21(22,23)24/h3-7,10,12,26H,1,8-9,11H2,2H3,(H,25,27). The van der Waals surface area contributed by atoms with Crippen LogP contribution < -0.4 is 14.8 Å². The van der Waals surface area contributed by atoms with Gasteiger partial charge in [0.2, 0.25) is 5.91 Å². The number of aliphatic hydroxyl groups excluding tert-OH is 1. The Balaban J connectivity index is 2.05. The predicted molar refractivity (Wildman–Crippen MR) is 100 cm³/mol. The molecule has 0 spiro atoms. The first-order valence-corrected chi connectivity index (χ1v) is 8.95. The number of aliphatic hydroxyl groups is 1. The monoisotopic (exact) mass is 407 g/mol. The summed E-state index contributed by atoms with van der Waals surface area (Å²) in [5.74, 6) is -0.0875. The second-order valence-corrected chi connectivity index (χ2v) is 6.56. The van der Waals surface area contributed by atoms with Crippen molar-refractivity contribution in [2.75, 3.05) is 6.61 Å². The van der Waals surface area contributed by atoms with Gasteiger partial charge in [-0.15, -0.1) is 13.2 Å². The molecule has 5 nitrogen and oxygen atoms in total. The van der Waals surface area contributed by atoms with E-state index in [1.54, 1.807) is 13.0 Å². The summed E-state index contributed by atoms with van der Waals surface area (Å²) < 4.78 is 46.9. The van der Waals surface area contributed by atoms with E-state index in [4.69, 9.17) is 4.74 Å². The minimum absolute atomic E-state index is 0.228. The molecule has 1 amide bonds. The second kappa shape index (κ2) is 8.16. The van der Waals surface area contributed by atoms with Crippen LogP contribution in [0.15, 0.2) is 43.0 Å². The number of carbonyl (C=O) groups is 1. The van der Waals surface area contributed by atoms with E-state index >= 15 is 0 Å². The lowest BCUT2D eigenvalue weighted by Crippen LogP contribution is -2.25. The smallest absolute Gasteiger partial charge is 0.492 e. The molecule has 1 unspecified atom stereocenters. The van der Waals surface area contributed by atoms with Crippen LogP contribution >= 0.6 is 0 Å². The van der Waals surface area contributed by atoms with E-state index in [9.17, 15) is 23.1 Å². The van der Waals surface area contributed by atoms with Crippen molar-refractivity contribution >= 4 is 5.91 Å². The maximum atomic E-state index is 12.4. The van der Waals surface area contributed by atoms with Gasteiger partial charge in [-0.25, -0.2) is 0 Å². The molecule has 0 saturated heterocycles. The molecule has 154 valence electrons. The summed E-state index contributed by atoms with van der Waals surface area (Å²) in [6, 6.07) is 6.84. The summed E-state index contributed by atoms with van der Waals surface area (Å²) in [6.07, 6.45) is -3.02. The Morgan fingerprint density at radius 1 is 1.38 bits per heavy atom. The molecule has 0 aliphatic carbocycles. The highest BCUT2D eigenvalue weighted by Crippen LogP contribution is 2.42. The maximum Gasteiger partial charge on any atom is 0.573 e. The summed E-state index contributed by atoms with van der Waals surface area (Å²) in [7, 11) is 0. The summed E-state index contributed by atoms with van der Waals surface area (Å²) >= 11 is 0. The summed E-state index contributed by atoms with van der Waals surface area (Å²) in [5, 5.41) is 12.7. The number of alkyl halides is 3. The van der Waals surface area contributed by atoms with Crippen LogP contribution in [0.25, 0.3) is 11.1 Å². The zero-order chi connectivity index (χ0) is 21.2. The Morgan fingerprint density at radius 2 is 2.07 bits per heavy atom. The number of hydrogen-bond acceptors (Lipinski definition) is 4. The van der Waals surface area contributed by atoms with Crippen LogP contribution in [0.5, 0.6) is 11.5 Å². The van der Waals surface area contributed by atoms with Crippen molar-refractivity contribution in [2.24, 2.45) is 0 Å². The van der Waals surface area contributed by atoms with Gasteiger partial charge < -0.3 is 19.9 Å². The van der Waals surface area contributed by atoms with Crippen LogP contribution in [0.1, 0.15) is 29.7 Å². The van der Waals surface area contributed by atoms with Gasteiger partial charge in [0.05, 0.1) is 19.3 Å². The van der Waals surface area contributed by atoms with Crippen molar-refractivity contribution in [1.29, 1.82) is 0 Å². The average Bonchev–Trinajstić information content (AvgIpc) is 3.15. The van der Waals surface area contributed by atoms with Crippen LogP contribution in [0.3, 0.4) is 0 Å². The molecule has 1 heterocycles. The summed E-state index contributed by atoms with van der Waals surface area (Å²) in [6.45, 7) is 5.42. The largest absolute Gasteiger partial charge is 0.573 e. The Bertz CT molecular complexity index is 923. The molecule has 0 radical (unpaired) electrons. The van der Waals surface area contributed by atoms with Crippen molar-refractivity contribution in [3.63, 3.8) is 0 Å². The lowest BCUT2D eigenvalue weighted by molar-refractivity contribution is -0.274. The fourth-order valence-electron chi connectivity index (χ4n) is 3.44. The maximum absolute atomic E-state index is 12.4. The molecule has 29 heavy (non-hydrogen) atoms. The Kier molecular flexibility index (Phi) is 5.83. The number of amides is 1. The molecule has 2 aromatic rings. The molecule has 0 fully saturated rings. The second-order valence-electron chi connectivity index (χ2n) is 6.56. The van der Waals surface area contributed by atoms with Gasteiger partial charge >= 0.3 is 6.36 Å². The lowest BCUT2D eigenvalue weighted by atomic mass is 9.90. The molecule has 2 aromatic carbocycles. The van der Waals surface area contributed by atoms with Crippen molar-refractivity contribution in [3.8, 4) is 22.6 Å². The molecule has 3 rings (SSSR count). The quantitative estimate of drug-likeness (QED) is 0.710. The van der Waals surface area contributed by atoms with E-state index in [0.29, 0.717) is 41.0 Å². The molecule has 1 atom stereocenters. The molecule has 1 aliphatic rings. The third kappa shape index (κ3) is 4.54. The highest BCUT2D eigenvalue weighted by molar-refractivity contribution is 5.87. The topological polar surface area (TPSA) is 67.8 Å². The third-order valence-electron chi connectivity index (χ3n) is 4.70. The van der Waals surface area contributed by atoms with Crippen LogP contribution in [0.2, 0.25) is 0 Å². The number of benzene rings is 2. The molecule has 1 aliphatic heterocycles. The predicted octanol–water partition coefficient (Wildman–Crippen LogP) is 4.04. The number of halogens is 3. The first kappa shape index (κ1) is 20.7. The van der Waals surface area contributed by atoms with Crippen molar-refractivity contribution < 1.29 is 32.5 Å². The van der Waals surface area contributed by atoms with Gasteiger partial charge in [-0.3, -0.25) is 4.79 Å². The molecular weight excluding hydrogens is 387 g/mol. The number of hydrogen-bond donors (Lipinski definition) is 2. The molecule has 0 aromatic heterocycles. The highest BCUT2D eigenvalue weighted by Gasteiger charge is 2.31. The van der Waals surface area contributed by atoms with Crippen LogP contribution in [-0.2, 0) is 17.8 Å². The van der Waals surface area contributed by atoms with Crippen molar-refractivity contribution in [2.45, 2.75) is 32.4 Å². The van der Waals surface area contributed by atoms with Crippen LogP contribution in [-0.4, -0.2) is 24.0 Å². The van der Waals surface area contributed by atoms with Gasteiger partial charge in [0.25, 0.3) is 0 Å². The first-order valence-electron chi connectivity index (χ1n) is 8.95. The van der Waals surface area contributed by atoms with Crippen molar-refractivity contribution in [1.82, 2.24) is 5.32 Å². The number of carbonyl (C=O) groups excluding carboxylic acids is 1. The summed E-state index contributed by atoms with van der Waals surface area (Å²) in [4.78, 5) is 11.7. The van der Waals surface area contributed by atoms with E-state index in [-0.39, 0.29) is 18.3 Å².